The fourth-order valence-corrected chi connectivity index (χ4v) is 3.77. The molecule has 0 fully saturated rings. The molecule has 0 atom stereocenters. The summed E-state index contributed by atoms with van der Waals surface area (Å²) in [5.41, 5.74) is 1.15. The molecule has 0 aliphatic heterocycles. The van der Waals surface area contributed by atoms with Crippen molar-refractivity contribution < 1.29 is 8.42 Å². The molecule has 0 aliphatic carbocycles. The molecule has 1 aromatic rings. The van der Waals surface area contributed by atoms with Crippen molar-refractivity contribution in [3.63, 3.8) is 0 Å². The second-order valence-electron chi connectivity index (χ2n) is 6.57. The Labute approximate surface area is 128 Å². The van der Waals surface area contributed by atoms with Gasteiger partial charge in [0.15, 0.2) is 0 Å². The van der Waals surface area contributed by atoms with Crippen LogP contribution >= 0.6 is 0 Å². The van der Waals surface area contributed by atoms with E-state index < -0.39 is 10.0 Å². The molecule has 0 saturated carbocycles. The number of hydrogen-bond acceptors (Lipinski definition) is 4. The van der Waals surface area contributed by atoms with E-state index in [1.54, 1.807) is 11.6 Å². The first kappa shape index (κ1) is 18.1. The lowest BCUT2D eigenvalue weighted by molar-refractivity contribution is 0.407. The van der Waals surface area contributed by atoms with Gasteiger partial charge in [-0.25, -0.2) is 13.1 Å². The highest BCUT2D eigenvalue weighted by atomic mass is 32.2. The minimum absolute atomic E-state index is 0.0995. The van der Waals surface area contributed by atoms with Crippen LogP contribution in [0.25, 0.3) is 0 Å². The third kappa shape index (κ3) is 5.09. The summed E-state index contributed by atoms with van der Waals surface area (Å²) in [5.74, 6) is 0. The molecule has 1 rings (SSSR count). The van der Waals surface area contributed by atoms with E-state index in [0.29, 0.717) is 29.4 Å². The second kappa shape index (κ2) is 6.89. The topological polar surface area (TPSA) is 76.0 Å². The number of rotatable bonds is 7. The highest BCUT2D eigenvalue weighted by Crippen LogP contribution is 2.20. The van der Waals surface area contributed by atoms with Gasteiger partial charge >= 0.3 is 0 Å². The highest BCUT2D eigenvalue weighted by molar-refractivity contribution is 7.89. The van der Waals surface area contributed by atoms with Crippen molar-refractivity contribution in [3.8, 4) is 0 Å². The highest BCUT2D eigenvalue weighted by Gasteiger charge is 2.25. The van der Waals surface area contributed by atoms with Gasteiger partial charge in [0.2, 0.25) is 10.0 Å². The summed E-state index contributed by atoms with van der Waals surface area (Å²) in [6.45, 7) is 11.5. The van der Waals surface area contributed by atoms with Gasteiger partial charge in [-0.05, 0) is 39.3 Å². The molecule has 1 heterocycles. The number of sulfonamides is 1. The summed E-state index contributed by atoms with van der Waals surface area (Å²) in [6.07, 6.45) is 0.910. The number of aromatic nitrogens is 2. The lowest BCUT2D eigenvalue weighted by Gasteiger charge is -2.18. The molecular formula is C14H28N4O2S. The maximum Gasteiger partial charge on any atom is 0.244 e. The van der Waals surface area contributed by atoms with Crippen LogP contribution < -0.4 is 10.0 Å². The van der Waals surface area contributed by atoms with E-state index in [1.807, 2.05) is 34.7 Å². The van der Waals surface area contributed by atoms with Gasteiger partial charge in [0.25, 0.3) is 0 Å². The summed E-state index contributed by atoms with van der Waals surface area (Å²) in [5, 5.41) is 7.44. The Morgan fingerprint density at radius 3 is 2.38 bits per heavy atom. The Hall–Kier alpha value is -0.920. The zero-order chi connectivity index (χ0) is 16.3. The Kier molecular flexibility index (Phi) is 5.95. The van der Waals surface area contributed by atoms with Crippen LogP contribution in [0.4, 0.5) is 0 Å². The maximum absolute atomic E-state index is 12.5. The van der Waals surface area contributed by atoms with Crippen LogP contribution in [0.5, 0.6) is 0 Å². The molecule has 21 heavy (non-hydrogen) atoms. The van der Waals surface area contributed by atoms with E-state index in [-0.39, 0.29) is 5.41 Å². The van der Waals surface area contributed by atoms with Gasteiger partial charge in [0, 0.05) is 13.1 Å². The van der Waals surface area contributed by atoms with Crippen LogP contribution in [0.3, 0.4) is 0 Å². The first-order chi connectivity index (χ1) is 9.58. The van der Waals surface area contributed by atoms with Crippen molar-refractivity contribution in [2.24, 2.45) is 5.41 Å². The van der Waals surface area contributed by atoms with Gasteiger partial charge in [-0.15, -0.1) is 0 Å². The van der Waals surface area contributed by atoms with Crippen LogP contribution in [-0.4, -0.2) is 38.3 Å². The van der Waals surface area contributed by atoms with Crippen LogP contribution in [0, 0.1) is 19.3 Å². The van der Waals surface area contributed by atoms with Gasteiger partial charge < -0.3 is 5.32 Å². The fourth-order valence-electron chi connectivity index (χ4n) is 2.08. The molecule has 122 valence electrons. The third-order valence-electron chi connectivity index (χ3n) is 3.17. The van der Waals surface area contributed by atoms with Crippen molar-refractivity contribution >= 4 is 10.0 Å². The second-order valence-corrected chi connectivity index (χ2v) is 8.27. The molecule has 0 aromatic carbocycles. The number of nitrogens with zero attached hydrogens (tertiary/aromatic N) is 2. The summed E-state index contributed by atoms with van der Waals surface area (Å²) in [7, 11) is -1.62. The van der Waals surface area contributed by atoms with Crippen LogP contribution in [0.1, 0.15) is 38.6 Å². The molecule has 0 aliphatic rings. The normalized spacial score (nSPS) is 12.9. The minimum Gasteiger partial charge on any atom is -0.320 e. The zero-order valence-electron chi connectivity index (χ0n) is 13.9. The van der Waals surface area contributed by atoms with Crippen molar-refractivity contribution in [2.75, 3.05) is 20.1 Å². The molecule has 0 bridgehead atoms. The van der Waals surface area contributed by atoms with E-state index >= 15 is 0 Å². The molecule has 7 heteroatoms. The summed E-state index contributed by atoms with van der Waals surface area (Å²) >= 11 is 0. The van der Waals surface area contributed by atoms with E-state index in [1.165, 1.54) is 0 Å². The Balaban J connectivity index is 2.96. The van der Waals surface area contributed by atoms with Crippen LogP contribution in [-0.2, 0) is 16.6 Å². The molecule has 0 unspecified atom stereocenters. The van der Waals surface area contributed by atoms with Gasteiger partial charge in [-0.2, -0.15) is 5.10 Å². The Morgan fingerprint density at radius 2 is 1.86 bits per heavy atom. The first-order valence-electron chi connectivity index (χ1n) is 7.27. The van der Waals surface area contributed by atoms with Crippen LogP contribution in [0.15, 0.2) is 4.90 Å². The molecule has 0 radical (unpaired) electrons. The predicted molar refractivity (Wildman–Crippen MR) is 84.9 cm³/mol. The summed E-state index contributed by atoms with van der Waals surface area (Å²) in [6, 6.07) is 0. The Bertz CT molecular complexity index is 571. The molecule has 2 N–H and O–H groups in total. The smallest absolute Gasteiger partial charge is 0.244 e. The summed E-state index contributed by atoms with van der Waals surface area (Å²) in [4.78, 5) is 0.316. The first-order valence-corrected chi connectivity index (χ1v) is 8.75. The third-order valence-corrected chi connectivity index (χ3v) is 4.83. The number of aryl methyl sites for hydroxylation is 2. The molecule has 6 nitrogen and oxygen atoms in total. The van der Waals surface area contributed by atoms with E-state index in [9.17, 15) is 8.42 Å². The average molecular weight is 316 g/mol. The maximum atomic E-state index is 12.5. The van der Waals surface area contributed by atoms with Gasteiger partial charge in [0.1, 0.15) is 4.90 Å². The van der Waals surface area contributed by atoms with Gasteiger partial charge in [-0.3, -0.25) is 4.68 Å². The number of nitrogens with one attached hydrogen (secondary N) is 2. The predicted octanol–water partition coefficient (Wildman–Crippen LogP) is 1.43. The van der Waals surface area contributed by atoms with Crippen LogP contribution in [0.2, 0.25) is 0 Å². The fraction of sp³-hybridized carbons (Fsp3) is 0.786. The quantitative estimate of drug-likeness (QED) is 0.746. The molecule has 0 saturated heterocycles. The van der Waals surface area contributed by atoms with Gasteiger partial charge in [-0.1, -0.05) is 20.8 Å². The van der Waals surface area contributed by atoms with Crippen molar-refractivity contribution in [3.05, 3.63) is 11.4 Å². The van der Waals surface area contributed by atoms with Crippen molar-refractivity contribution in [1.82, 2.24) is 19.8 Å². The zero-order valence-corrected chi connectivity index (χ0v) is 14.8. The molecule has 0 amide bonds. The minimum atomic E-state index is -3.51. The largest absolute Gasteiger partial charge is 0.320 e. The van der Waals surface area contributed by atoms with Crippen molar-refractivity contribution in [2.45, 2.75) is 52.5 Å². The number of hydrogen-bond donors (Lipinski definition) is 2. The van der Waals surface area contributed by atoms with E-state index in [0.717, 1.165) is 13.0 Å². The monoisotopic (exact) mass is 316 g/mol. The lowest BCUT2D eigenvalue weighted by atomic mass is 9.98. The Morgan fingerprint density at radius 1 is 1.24 bits per heavy atom. The summed E-state index contributed by atoms with van der Waals surface area (Å²) < 4.78 is 29.4. The van der Waals surface area contributed by atoms with E-state index in [4.69, 9.17) is 0 Å². The molecular weight excluding hydrogens is 288 g/mol. The average Bonchev–Trinajstić information content (AvgIpc) is 2.62. The lowest BCUT2D eigenvalue weighted by Crippen LogP contribution is -2.32. The van der Waals surface area contributed by atoms with Gasteiger partial charge in [0.05, 0.1) is 11.4 Å². The molecule has 1 aromatic heterocycles. The van der Waals surface area contributed by atoms with Crippen molar-refractivity contribution in [1.29, 1.82) is 0 Å². The standard InChI is InChI=1S/C14H28N4O2S/c1-11-13(21(19,20)16-10-14(3,4)5)12(2)18(17-11)9-7-8-15-6/h15-16H,7-10H2,1-6H3. The van der Waals surface area contributed by atoms with E-state index in [2.05, 4.69) is 15.1 Å². The SMILES string of the molecule is CNCCCn1nc(C)c(S(=O)(=O)NCC(C)(C)C)c1C. The molecule has 0 spiro atoms.